The SMILES string of the molecule is COc1ccccc1NC(=O)COc1ccc2c(=O)c(Oc3cc(C)c(Cl)c(C)c3)coc2c1. The molecule has 0 radical (unpaired) electrons. The van der Waals surface area contributed by atoms with Crippen molar-refractivity contribution < 1.29 is 23.4 Å². The molecule has 0 aliphatic carbocycles. The number of rotatable bonds is 7. The fourth-order valence-corrected chi connectivity index (χ4v) is 3.54. The number of carbonyl (C=O) groups excluding carboxylic acids is 1. The standard InChI is InChI=1S/C26H22ClNO6/c1-15-10-18(11-16(2)25(15)27)34-23-13-33-22-12-17(8-9-19(22)26(23)30)32-14-24(29)28-20-6-4-5-7-21(20)31-3/h4-13H,14H2,1-3H3,(H,28,29). The van der Waals surface area contributed by atoms with Crippen molar-refractivity contribution in [2.45, 2.75) is 13.8 Å². The number of ether oxygens (including phenoxy) is 3. The summed E-state index contributed by atoms with van der Waals surface area (Å²) in [6.45, 7) is 3.50. The monoisotopic (exact) mass is 479 g/mol. The van der Waals surface area contributed by atoms with Crippen molar-refractivity contribution in [1.29, 1.82) is 0 Å². The van der Waals surface area contributed by atoms with Crippen molar-refractivity contribution in [2.75, 3.05) is 19.0 Å². The van der Waals surface area contributed by atoms with Gasteiger partial charge in [-0.2, -0.15) is 0 Å². The lowest BCUT2D eigenvalue weighted by Gasteiger charge is -2.11. The van der Waals surface area contributed by atoms with Crippen molar-refractivity contribution in [3.8, 4) is 23.0 Å². The normalized spacial score (nSPS) is 10.7. The fraction of sp³-hybridized carbons (Fsp3) is 0.154. The zero-order chi connectivity index (χ0) is 24.2. The van der Waals surface area contributed by atoms with Gasteiger partial charge in [-0.05, 0) is 61.4 Å². The molecule has 0 unspecified atom stereocenters. The van der Waals surface area contributed by atoms with Gasteiger partial charge in [0.15, 0.2) is 6.61 Å². The van der Waals surface area contributed by atoms with E-state index in [1.807, 2.05) is 19.9 Å². The van der Waals surface area contributed by atoms with Gasteiger partial charge in [0, 0.05) is 11.1 Å². The Bertz CT molecular complexity index is 1410. The molecule has 174 valence electrons. The highest BCUT2D eigenvalue weighted by Gasteiger charge is 2.13. The zero-order valence-corrected chi connectivity index (χ0v) is 19.6. The van der Waals surface area contributed by atoms with Gasteiger partial charge in [-0.25, -0.2) is 0 Å². The van der Waals surface area contributed by atoms with Crippen molar-refractivity contribution in [3.05, 3.63) is 87.2 Å². The van der Waals surface area contributed by atoms with Crippen LogP contribution < -0.4 is 25.0 Å². The molecule has 0 atom stereocenters. The minimum absolute atomic E-state index is 0.0541. The molecule has 1 amide bonds. The Morgan fingerprint density at radius 2 is 1.74 bits per heavy atom. The van der Waals surface area contributed by atoms with Crippen LogP contribution in [0, 0.1) is 13.8 Å². The van der Waals surface area contributed by atoms with Gasteiger partial charge in [-0.3, -0.25) is 9.59 Å². The first-order chi connectivity index (χ1) is 16.4. The molecule has 34 heavy (non-hydrogen) atoms. The first-order valence-corrected chi connectivity index (χ1v) is 10.8. The van der Waals surface area contributed by atoms with E-state index in [4.69, 9.17) is 30.2 Å². The fourth-order valence-electron chi connectivity index (χ4n) is 3.43. The van der Waals surface area contributed by atoms with E-state index < -0.39 is 0 Å². The van der Waals surface area contributed by atoms with Crippen LogP contribution in [0.5, 0.6) is 23.0 Å². The zero-order valence-electron chi connectivity index (χ0n) is 18.8. The number of anilines is 1. The molecule has 0 saturated heterocycles. The van der Waals surface area contributed by atoms with Crippen LogP contribution in [0.1, 0.15) is 11.1 Å². The second kappa shape index (κ2) is 9.89. The van der Waals surface area contributed by atoms with Crippen molar-refractivity contribution in [2.24, 2.45) is 0 Å². The highest BCUT2D eigenvalue weighted by molar-refractivity contribution is 6.32. The molecular formula is C26H22ClNO6. The number of fused-ring (bicyclic) bond motifs is 1. The minimum atomic E-state index is -0.358. The van der Waals surface area contributed by atoms with E-state index in [1.165, 1.54) is 13.4 Å². The second-order valence-corrected chi connectivity index (χ2v) is 7.98. The number of methoxy groups -OCH3 is 1. The van der Waals surface area contributed by atoms with Crippen molar-refractivity contribution >= 4 is 34.2 Å². The third-order valence-electron chi connectivity index (χ3n) is 5.10. The maximum absolute atomic E-state index is 12.9. The molecule has 0 bridgehead atoms. The lowest BCUT2D eigenvalue weighted by atomic mass is 10.1. The summed E-state index contributed by atoms with van der Waals surface area (Å²) in [5.41, 5.74) is 2.22. The van der Waals surface area contributed by atoms with Crippen LogP contribution in [0.3, 0.4) is 0 Å². The van der Waals surface area contributed by atoms with Crippen LogP contribution in [0.15, 0.2) is 70.1 Å². The first-order valence-electron chi connectivity index (χ1n) is 10.4. The molecule has 3 aromatic carbocycles. The molecule has 0 fully saturated rings. The lowest BCUT2D eigenvalue weighted by molar-refractivity contribution is -0.118. The molecule has 0 aliphatic rings. The molecular weight excluding hydrogens is 458 g/mol. The first kappa shape index (κ1) is 23.2. The van der Waals surface area contributed by atoms with Crippen LogP contribution in [-0.2, 0) is 4.79 Å². The molecule has 1 aromatic heterocycles. The molecule has 4 rings (SSSR count). The Labute approximate surface area is 200 Å². The summed E-state index contributed by atoms with van der Waals surface area (Å²) < 4.78 is 22.1. The van der Waals surface area contributed by atoms with Crippen LogP contribution in [0.2, 0.25) is 5.02 Å². The Morgan fingerprint density at radius 1 is 1.00 bits per heavy atom. The quantitative estimate of drug-likeness (QED) is 0.356. The number of hydrogen-bond donors (Lipinski definition) is 1. The third-order valence-corrected chi connectivity index (χ3v) is 5.70. The summed E-state index contributed by atoms with van der Waals surface area (Å²) in [7, 11) is 1.53. The van der Waals surface area contributed by atoms with Crippen molar-refractivity contribution in [1.82, 2.24) is 0 Å². The van der Waals surface area contributed by atoms with E-state index in [-0.39, 0.29) is 23.7 Å². The average molecular weight is 480 g/mol. The molecule has 0 aliphatic heterocycles. The van der Waals surface area contributed by atoms with E-state index in [2.05, 4.69) is 5.32 Å². The largest absolute Gasteiger partial charge is 0.495 e. The van der Waals surface area contributed by atoms with Gasteiger partial charge in [-0.15, -0.1) is 0 Å². The van der Waals surface area contributed by atoms with Gasteiger partial charge in [0.05, 0.1) is 18.2 Å². The molecule has 1 N–H and O–H groups in total. The lowest BCUT2D eigenvalue weighted by Crippen LogP contribution is -2.20. The topological polar surface area (TPSA) is 87.0 Å². The van der Waals surface area contributed by atoms with E-state index in [0.29, 0.717) is 38.9 Å². The van der Waals surface area contributed by atoms with Gasteiger partial charge in [-0.1, -0.05) is 23.7 Å². The molecule has 0 spiro atoms. The van der Waals surface area contributed by atoms with Crippen LogP contribution in [0.4, 0.5) is 5.69 Å². The van der Waals surface area contributed by atoms with E-state index in [1.54, 1.807) is 48.5 Å². The Balaban J connectivity index is 1.47. The number of hydrogen-bond acceptors (Lipinski definition) is 6. The number of amides is 1. The number of para-hydroxylation sites is 2. The van der Waals surface area contributed by atoms with Gasteiger partial charge in [0.1, 0.15) is 29.1 Å². The smallest absolute Gasteiger partial charge is 0.262 e. The van der Waals surface area contributed by atoms with Gasteiger partial charge in [0.2, 0.25) is 11.2 Å². The molecule has 7 nitrogen and oxygen atoms in total. The predicted molar refractivity (Wildman–Crippen MR) is 131 cm³/mol. The average Bonchev–Trinajstić information content (AvgIpc) is 2.83. The van der Waals surface area contributed by atoms with E-state index in [0.717, 1.165) is 11.1 Å². The Hall–Kier alpha value is -3.97. The number of carbonyl (C=O) groups is 1. The molecule has 8 heteroatoms. The van der Waals surface area contributed by atoms with Crippen LogP contribution in [0.25, 0.3) is 11.0 Å². The Kier molecular flexibility index (Phi) is 6.75. The predicted octanol–water partition coefficient (Wildman–Crippen LogP) is 5.88. The van der Waals surface area contributed by atoms with E-state index >= 15 is 0 Å². The van der Waals surface area contributed by atoms with E-state index in [9.17, 15) is 9.59 Å². The summed E-state index contributed by atoms with van der Waals surface area (Å²) >= 11 is 6.20. The summed E-state index contributed by atoms with van der Waals surface area (Å²) in [6, 6.07) is 15.3. The summed E-state index contributed by atoms with van der Waals surface area (Å²) in [6.07, 6.45) is 1.25. The second-order valence-electron chi connectivity index (χ2n) is 7.60. The van der Waals surface area contributed by atoms with Crippen LogP contribution >= 0.6 is 11.6 Å². The number of nitrogens with one attached hydrogen (secondary N) is 1. The van der Waals surface area contributed by atoms with Gasteiger partial charge < -0.3 is 23.9 Å². The highest BCUT2D eigenvalue weighted by atomic mass is 35.5. The third kappa shape index (κ3) is 5.00. The minimum Gasteiger partial charge on any atom is -0.495 e. The Morgan fingerprint density at radius 3 is 2.47 bits per heavy atom. The molecule has 0 saturated carbocycles. The maximum atomic E-state index is 12.9. The molecule has 4 aromatic rings. The summed E-state index contributed by atoms with van der Waals surface area (Å²) in [5, 5.41) is 3.71. The number of halogens is 1. The summed E-state index contributed by atoms with van der Waals surface area (Å²) in [4.78, 5) is 25.2. The maximum Gasteiger partial charge on any atom is 0.262 e. The van der Waals surface area contributed by atoms with Crippen molar-refractivity contribution in [3.63, 3.8) is 0 Å². The van der Waals surface area contributed by atoms with Gasteiger partial charge >= 0.3 is 0 Å². The summed E-state index contributed by atoms with van der Waals surface area (Å²) in [5.74, 6) is 1.11. The number of benzene rings is 3. The highest BCUT2D eigenvalue weighted by Crippen LogP contribution is 2.29. The van der Waals surface area contributed by atoms with Crippen LogP contribution in [-0.4, -0.2) is 19.6 Å². The molecule has 1 heterocycles. The number of aryl methyl sites for hydroxylation is 2. The van der Waals surface area contributed by atoms with Gasteiger partial charge in [0.25, 0.3) is 5.91 Å².